The molecular weight excluding hydrogens is 438 g/mol. The Balaban J connectivity index is 1.61. The molecule has 0 atom stereocenters. The van der Waals surface area contributed by atoms with Gasteiger partial charge in [-0.25, -0.2) is 18.7 Å². The zero-order valence-corrected chi connectivity index (χ0v) is 19.2. The van der Waals surface area contributed by atoms with Crippen LogP contribution in [0.2, 0.25) is 0 Å². The Morgan fingerprint density at radius 3 is 2.30 bits per heavy atom. The van der Waals surface area contributed by atoms with Gasteiger partial charge in [0.1, 0.15) is 0 Å². The number of nitrogens with zero attached hydrogens (tertiary/aromatic N) is 3. The summed E-state index contributed by atoms with van der Waals surface area (Å²) in [7, 11) is -4.05. The summed E-state index contributed by atoms with van der Waals surface area (Å²) in [5.41, 5.74) is 10.1. The molecule has 10 heteroatoms. The van der Waals surface area contributed by atoms with Crippen molar-refractivity contribution in [2.24, 2.45) is 16.8 Å². The molecule has 1 aliphatic heterocycles. The Hall–Kier alpha value is -2.66. The van der Waals surface area contributed by atoms with Gasteiger partial charge in [-0.05, 0) is 70.7 Å². The van der Waals surface area contributed by atoms with Gasteiger partial charge in [0, 0.05) is 30.6 Å². The van der Waals surface area contributed by atoms with Gasteiger partial charge < -0.3 is 11.1 Å². The number of H-pyrrole nitrogens is 1. The third kappa shape index (κ3) is 4.56. The lowest BCUT2D eigenvalue weighted by Crippen LogP contribution is -2.39. The van der Waals surface area contributed by atoms with Crippen LogP contribution in [0.4, 0.5) is 0 Å². The molecular formula is C23H29N7O2S. The van der Waals surface area contributed by atoms with Gasteiger partial charge >= 0.3 is 0 Å². The van der Waals surface area contributed by atoms with Crippen molar-refractivity contribution in [2.75, 3.05) is 13.1 Å². The quantitative estimate of drug-likeness (QED) is 0.432. The number of hydrogen-bond donors (Lipinski definition) is 4. The van der Waals surface area contributed by atoms with Crippen LogP contribution in [0.1, 0.15) is 42.7 Å². The van der Waals surface area contributed by atoms with Crippen molar-refractivity contribution in [3.05, 3.63) is 47.5 Å². The van der Waals surface area contributed by atoms with Crippen LogP contribution in [-0.4, -0.2) is 48.2 Å². The summed E-state index contributed by atoms with van der Waals surface area (Å²) >= 11 is 0. The molecule has 1 aromatic heterocycles. The van der Waals surface area contributed by atoms with Gasteiger partial charge in [-0.3, -0.25) is 0 Å². The fourth-order valence-corrected chi connectivity index (χ4v) is 6.02. The topological polar surface area (TPSA) is 153 Å². The van der Waals surface area contributed by atoms with E-state index in [1.165, 1.54) is 5.56 Å². The van der Waals surface area contributed by atoms with Crippen molar-refractivity contribution < 1.29 is 8.42 Å². The molecule has 5 rings (SSSR count). The Bertz CT molecular complexity index is 1210. The van der Waals surface area contributed by atoms with E-state index in [1.54, 1.807) is 0 Å². The molecule has 0 spiro atoms. The maximum atomic E-state index is 12.9. The van der Waals surface area contributed by atoms with E-state index in [-0.39, 0.29) is 16.8 Å². The van der Waals surface area contributed by atoms with Gasteiger partial charge in [0.2, 0.25) is 10.0 Å². The Kier molecular flexibility index (Phi) is 6.00. The van der Waals surface area contributed by atoms with E-state index >= 15 is 0 Å². The first kappa shape index (κ1) is 22.1. The van der Waals surface area contributed by atoms with E-state index in [9.17, 15) is 8.42 Å². The first-order valence-electron chi connectivity index (χ1n) is 11.4. The minimum Gasteiger partial charge on any atom is -0.328 e. The highest BCUT2D eigenvalue weighted by molar-refractivity contribution is 7.89. The summed E-state index contributed by atoms with van der Waals surface area (Å²) in [5.74, 6) is 1.17. The largest absolute Gasteiger partial charge is 0.328 e. The predicted molar refractivity (Wildman–Crippen MR) is 126 cm³/mol. The first-order chi connectivity index (χ1) is 15.9. The average molecular weight is 468 g/mol. The Morgan fingerprint density at radius 2 is 1.73 bits per heavy atom. The molecule has 1 aliphatic carbocycles. The van der Waals surface area contributed by atoms with E-state index in [2.05, 4.69) is 38.1 Å². The van der Waals surface area contributed by atoms with E-state index in [1.807, 2.05) is 24.3 Å². The standard InChI is InChI=1S/C23H29N7O2S/c24-19-8-1-14(2-9-19)11-17-7-10-20(16-5-3-15(4-6-16)18-12-26-13-18)21(22(17)33(25,31)32)23-27-29-30-28-23/h3-7,10,14,18-19,26H,1-2,8-9,11-13,24H2,(H2,25,31,32)(H,27,28,29,30). The van der Waals surface area contributed by atoms with E-state index in [4.69, 9.17) is 10.9 Å². The average Bonchev–Trinajstić information content (AvgIpc) is 3.28. The van der Waals surface area contributed by atoms with Crippen LogP contribution in [0.3, 0.4) is 0 Å². The summed E-state index contributed by atoms with van der Waals surface area (Å²) in [6, 6.07) is 12.3. The molecule has 33 heavy (non-hydrogen) atoms. The van der Waals surface area contributed by atoms with E-state index in [0.717, 1.165) is 49.9 Å². The van der Waals surface area contributed by atoms with Gasteiger partial charge in [-0.1, -0.05) is 36.4 Å². The minimum atomic E-state index is -4.05. The van der Waals surface area contributed by atoms with Crippen molar-refractivity contribution in [1.82, 2.24) is 25.9 Å². The van der Waals surface area contributed by atoms with Crippen LogP contribution in [0, 0.1) is 5.92 Å². The fraction of sp³-hybridized carbons (Fsp3) is 0.435. The number of aromatic amines is 1. The van der Waals surface area contributed by atoms with Crippen molar-refractivity contribution in [3.8, 4) is 22.5 Å². The van der Waals surface area contributed by atoms with Crippen LogP contribution >= 0.6 is 0 Å². The number of nitrogens with two attached hydrogens (primary N) is 2. The normalized spacial score (nSPS) is 21.6. The molecule has 174 valence electrons. The molecule has 0 radical (unpaired) electrons. The molecule has 2 fully saturated rings. The molecule has 0 amide bonds. The number of aromatic nitrogens is 4. The van der Waals surface area contributed by atoms with Crippen molar-refractivity contribution in [3.63, 3.8) is 0 Å². The second kappa shape index (κ2) is 8.94. The monoisotopic (exact) mass is 467 g/mol. The lowest BCUT2D eigenvalue weighted by molar-refractivity contribution is 0.323. The van der Waals surface area contributed by atoms with Crippen molar-refractivity contribution >= 4 is 10.0 Å². The summed E-state index contributed by atoms with van der Waals surface area (Å²) in [6.07, 6.45) is 4.48. The van der Waals surface area contributed by atoms with Crippen LogP contribution < -0.4 is 16.2 Å². The lowest BCUT2D eigenvalue weighted by atomic mass is 9.82. The number of tetrazole rings is 1. The maximum absolute atomic E-state index is 12.9. The predicted octanol–water partition coefficient (Wildman–Crippen LogP) is 1.93. The molecule has 2 heterocycles. The highest BCUT2D eigenvalue weighted by Gasteiger charge is 2.28. The molecule has 0 unspecified atom stereocenters. The van der Waals surface area contributed by atoms with Crippen LogP contribution in [-0.2, 0) is 16.4 Å². The Morgan fingerprint density at radius 1 is 1.00 bits per heavy atom. The van der Waals surface area contributed by atoms with E-state index in [0.29, 0.717) is 29.4 Å². The van der Waals surface area contributed by atoms with E-state index < -0.39 is 10.0 Å². The summed E-state index contributed by atoms with van der Waals surface area (Å²) in [5, 5.41) is 23.2. The summed E-state index contributed by atoms with van der Waals surface area (Å²) in [6.45, 7) is 1.95. The number of hydrogen-bond acceptors (Lipinski definition) is 7. The van der Waals surface area contributed by atoms with Gasteiger partial charge in [-0.2, -0.15) is 0 Å². The summed E-state index contributed by atoms with van der Waals surface area (Å²) < 4.78 is 25.8. The van der Waals surface area contributed by atoms with Crippen molar-refractivity contribution in [2.45, 2.75) is 49.0 Å². The molecule has 0 bridgehead atoms. The van der Waals surface area contributed by atoms with Gasteiger partial charge in [0.25, 0.3) is 0 Å². The van der Waals surface area contributed by atoms with Crippen LogP contribution in [0.15, 0.2) is 41.3 Å². The van der Waals surface area contributed by atoms with Gasteiger partial charge in [0.15, 0.2) is 5.82 Å². The molecule has 3 aromatic rings. The van der Waals surface area contributed by atoms with Crippen LogP contribution in [0.5, 0.6) is 0 Å². The fourth-order valence-electron chi connectivity index (χ4n) is 5.01. The maximum Gasteiger partial charge on any atom is 0.239 e. The third-order valence-electron chi connectivity index (χ3n) is 6.98. The molecule has 2 aliphatic rings. The summed E-state index contributed by atoms with van der Waals surface area (Å²) in [4.78, 5) is 0.0979. The molecule has 1 saturated carbocycles. The van der Waals surface area contributed by atoms with Gasteiger partial charge in [-0.15, -0.1) is 5.10 Å². The molecule has 1 saturated heterocycles. The molecule has 2 aromatic carbocycles. The van der Waals surface area contributed by atoms with Crippen molar-refractivity contribution in [1.29, 1.82) is 0 Å². The number of primary sulfonamides is 1. The van der Waals surface area contributed by atoms with Crippen LogP contribution in [0.25, 0.3) is 22.5 Å². The SMILES string of the molecule is NC1CCC(Cc2ccc(-c3ccc(C4CNC4)cc3)c(-c3nnn[nH]3)c2S(N)(=O)=O)CC1. The Labute approximate surface area is 193 Å². The zero-order chi connectivity index (χ0) is 23.0. The van der Waals surface area contributed by atoms with Gasteiger partial charge in [0.05, 0.1) is 4.90 Å². The second-order valence-corrected chi connectivity index (χ2v) is 10.7. The molecule has 9 nitrogen and oxygen atoms in total. The number of sulfonamides is 1. The highest BCUT2D eigenvalue weighted by atomic mass is 32.2. The number of rotatable bonds is 6. The first-order valence-corrected chi connectivity index (χ1v) is 12.9. The highest BCUT2D eigenvalue weighted by Crippen LogP contribution is 2.39. The second-order valence-electron chi connectivity index (χ2n) is 9.23. The number of benzene rings is 2. The lowest BCUT2D eigenvalue weighted by Gasteiger charge is -2.28. The smallest absolute Gasteiger partial charge is 0.239 e. The minimum absolute atomic E-state index is 0.0979. The number of nitrogens with one attached hydrogen (secondary N) is 2. The molecule has 6 N–H and O–H groups in total. The zero-order valence-electron chi connectivity index (χ0n) is 18.4. The third-order valence-corrected chi connectivity index (χ3v) is 8.02.